The SMILES string of the molecule is O=C(Oc1ccc(C=Nc2ccc(I)cc2)cc1)c1ccco1. The van der Waals surface area contributed by atoms with Crippen molar-refractivity contribution in [2.75, 3.05) is 0 Å². The van der Waals surface area contributed by atoms with Crippen LogP contribution in [-0.4, -0.2) is 12.2 Å². The first-order valence-corrected chi connectivity index (χ1v) is 7.94. The van der Waals surface area contributed by atoms with Gasteiger partial charge in [-0.15, -0.1) is 0 Å². The maximum absolute atomic E-state index is 11.8. The molecule has 4 nitrogen and oxygen atoms in total. The van der Waals surface area contributed by atoms with E-state index in [-0.39, 0.29) is 5.76 Å². The van der Waals surface area contributed by atoms with Gasteiger partial charge in [0.2, 0.25) is 5.76 Å². The van der Waals surface area contributed by atoms with Gasteiger partial charge in [0, 0.05) is 9.78 Å². The van der Waals surface area contributed by atoms with Crippen molar-refractivity contribution in [2.45, 2.75) is 0 Å². The maximum atomic E-state index is 11.8. The van der Waals surface area contributed by atoms with Crippen LogP contribution in [0.2, 0.25) is 0 Å². The summed E-state index contributed by atoms with van der Waals surface area (Å²) in [6, 6.07) is 18.2. The Balaban J connectivity index is 1.65. The van der Waals surface area contributed by atoms with Crippen molar-refractivity contribution in [3.63, 3.8) is 0 Å². The predicted octanol–water partition coefficient (Wildman–Crippen LogP) is 4.85. The Bertz CT molecular complexity index is 806. The van der Waals surface area contributed by atoms with Crippen molar-refractivity contribution in [3.05, 3.63) is 81.8 Å². The van der Waals surface area contributed by atoms with Gasteiger partial charge in [0.15, 0.2) is 0 Å². The molecule has 0 bridgehead atoms. The molecule has 0 aliphatic carbocycles. The third-order valence-electron chi connectivity index (χ3n) is 3.00. The highest BCUT2D eigenvalue weighted by atomic mass is 127. The Morgan fingerprint density at radius 1 is 1.04 bits per heavy atom. The average molecular weight is 417 g/mol. The lowest BCUT2D eigenvalue weighted by atomic mass is 10.2. The van der Waals surface area contributed by atoms with Crippen LogP contribution in [0.1, 0.15) is 16.1 Å². The highest BCUT2D eigenvalue weighted by Crippen LogP contribution is 2.16. The second kappa shape index (κ2) is 7.23. The molecule has 0 fully saturated rings. The lowest BCUT2D eigenvalue weighted by Crippen LogP contribution is -2.06. The lowest BCUT2D eigenvalue weighted by Gasteiger charge is -2.02. The minimum Gasteiger partial charge on any atom is -0.457 e. The number of hydrogen-bond acceptors (Lipinski definition) is 4. The summed E-state index contributed by atoms with van der Waals surface area (Å²) in [5.41, 5.74) is 1.81. The summed E-state index contributed by atoms with van der Waals surface area (Å²) < 4.78 is 11.4. The number of hydrogen-bond donors (Lipinski definition) is 0. The van der Waals surface area contributed by atoms with E-state index in [4.69, 9.17) is 9.15 Å². The van der Waals surface area contributed by atoms with Crippen LogP contribution in [0.5, 0.6) is 5.75 Å². The molecule has 3 aromatic rings. The number of aliphatic imine (C=N–C) groups is 1. The van der Waals surface area contributed by atoms with Crippen molar-refractivity contribution in [1.29, 1.82) is 0 Å². The Hall–Kier alpha value is -2.41. The molecule has 5 heteroatoms. The molecule has 0 aliphatic heterocycles. The van der Waals surface area contributed by atoms with E-state index >= 15 is 0 Å². The molecule has 0 radical (unpaired) electrons. The Labute approximate surface area is 147 Å². The van der Waals surface area contributed by atoms with Crippen LogP contribution in [0.15, 0.2) is 76.3 Å². The van der Waals surface area contributed by atoms with Gasteiger partial charge in [0.05, 0.1) is 12.0 Å². The fourth-order valence-electron chi connectivity index (χ4n) is 1.85. The Morgan fingerprint density at radius 3 is 2.43 bits per heavy atom. The predicted molar refractivity (Wildman–Crippen MR) is 96.5 cm³/mol. The number of halogens is 1. The van der Waals surface area contributed by atoms with Crippen LogP contribution in [-0.2, 0) is 0 Å². The van der Waals surface area contributed by atoms with Gasteiger partial charge in [-0.05, 0) is 88.8 Å². The van der Waals surface area contributed by atoms with Crippen LogP contribution in [0.3, 0.4) is 0 Å². The summed E-state index contributed by atoms with van der Waals surface area (Å²) in [6.45, 7) is 0. The van der Waals surface area contributed by atoms with Gasteiger partial charge in [-0.2, -0.15) is 0 Å². The summed E-state index contributed by atoms with van der Waals surface area (Å²) in [5.74, 6) is 0.113. The molecule has 1 heterocycles. The van der Waals surface area contributed by atoms with Crippen LogP contribution >= 0.6 is 22.6 Å². The van der Waals surface area contributed by atoms with Crippen molar-refractivity contribution in [3.8, 4) is 5.75 Å². The van der Waals surface area contributed by atoms with E-state index in [1.54, 1.807) is 30.5 Å². The van der Waals surface area contributed by atoms with Crippen molar-refractivity contribution in [1.82, 2.24) is 0 Å². The second-order valence-electron chi connectivity index (χ2n) is 4.67. The summed E-state index contributed by atoms with van der Waals surface area (Å²) in [4.78, 5) is 16.2. The van der Waals surface area contributed by atoms with Crippen LogP contribution < -0.4 is 4.74 Å². The third kappa shape index (κ3) is 4.29. The van der Waals surface area contributed by atoms with E-state index in [1.807, 2.05) is 36.4 Å². The molecular weight excluding hydrogens is 405 g/mol. The highest BCUT2D eigenvalue weighted by Gasteiger charge is 2.10. The number of furan rings is 1. The van der Waals surface area contributed by atoms with E-state index in [2.05, 4.69) is 27.6 Å². The van der Waals surface area contributed by atoms with Gasteiger partial charge in [0.25, 0.3) is 0 Å². The number of ether oxygens (including phenoxy) is 1. The van der Waals surface area contributed by atoms with E-state index < -0.39 is 5.97 Å². The fourth-order valence-corrected chi connectivity index (χ4v) is 2.21. The molecule has 0 spiro atoms. The standard InChI is InChI=1S/C18H12INO3/c19-14-5-7-15(8-6-14)20-12-13-3-9-16(10-4-13)23-18(21)17-2-1-11-22-17/h1-12H. The van der Waals surface area contributed by atoms with Gasteiger partial charge >= 0.3 is 5.97 Å². The van der Waals surface area contributed by atoms with E-state index in [0.717, 1.165) is 11.3 Å². The van der Waals surface area contributed by atoms with Crippen LogP contribution in [0.25, 0.3) is 0 Å². The first kappa shape index (κ1) is 15.5. The zero-order valence-electron chi connectivity index (χ0n) is 12.0. The first-order valence-electron chi connectivity index (χ1n) is 6.86. The molecule has 3 rings (SSSR count). The third-order valence-corrected chi connectivity index (χ3v) is 3.72. The number of carbonyl (C=O) groups is 1. The maximum Gasteiger partial charge on any atom is 0.379 e. The Morgan fingerprint density at radius 2 is 1.78 bits per heavy atom. The average Bonchev–Trinajstić information content (AvgIpc) is 3.10. The molecule has 1 aromatic heterocycles. The van der Waals surface area contributed by atoms with Crippen LogP contribution in [0.4, 0.5) is 5.69 Å². The number of esters is 1. The normalized spacial score (nSPS) is 10.8. The zero-order valence-corrected chi connectivity index (χ0v) is 14.1. The highest BCUT2D eigenvalue weighted by molar-refractivity contribution is 14.1. The van der Waals surface area contributed by atoms with E-state index in [0.29, 0.717) is 5.75 Å². The summed E-state index contributed by atoms with van der Waals surface area (Å²) in [5, 5.41) is 0. The lowest BCUT2D eigenvalue weighted by molar-refractivity contribution is 0.0701. The number of benzene rings is 2. The van der Waals surface area contributed by atoms with Crippen molar-refractivity contribution >= 4 is 40.5 Å². The molecule has 0 atom stereocenters. The molecule has 2 aromatic carbocycles. The molecule has 0 aliphatic rings. The summed E-state index contributed by atoms with van der Waals surface area (Å²) in [6.07, 6.45) is 3.20. The minimum atomic E-state index is -0.518. The Kier molecular flexibility index (Phi) is 4.87. The van der Waals surface area contributed by atoms with Gasteiger partial charge in [0.1, 0.15) is 5.75 Å². The zero-order chi connectivity index (χ0) is 16.1. The van der Waals surface area contributed by atoms with Gasteiger partial charge in [-0.25, -0.2) is 4.79 Å². The summed E-state index contributed by atoms with van der Waals surface area (Å²) in [7, 11) is 0. The molecule has 23 heavy (non-hydrogen) atoms. The first-order chi connectivity index (χ1) is 11.2. The second-order valence-corrected chi connectivity index (χ2v) is 5.92. The minimum absolute atomic E-state index is 0.175. The quantitative estimate of drug-likeness (QED) is 0.264. The molecule has 0 unspecified atom stereocenters. The topological polar surface area (TPSA) is 51.8 Å². The number of nitrogens with zero attached hydrogens (tertiary/aromatic N) is 1. The van der Waals surface area contributed by atoms with E-state index in [1.165, 1.54) is 9.83 Å². The molecule has 0 saturated heterocycles. The summed E-state index contributed by atoms with van der Waals surface area (Å²) >= 11 is 2.25. The fraction of sp³-hybridized carbons (Fsp3) is 0. The molecule has 0 N–H and O–H groups in total. The van der Waals surface area contributed by atoms with Crippen molar-refractivity contribution < 1.29 is 13.9 Å². The molecule has 0 amide bonds. The molecule has 0 saturated carbocycles. The molecular formula is C18H12INO3. The molecule has 114 valence electrons. The van der Waals surface area contributed by atoms with Gasteiger partial charge in [-0.1, -0.05) is 0 Å². The smallest absolute Gasteiger partial charge is 0.379 e. The number of carbonyl (C=O) groups excluding carboxylic acids is 1. The van der Waals surface area contributed by atoms with Crippen LogP contribution in [0, 0.1) is 3.57 Å². The van der Waals surface area contributed by atoms with Crippen molar-refractivity contribution in [2.24, 2.45) is 4.99 Å². The van der Waals surface area contributed by atoms with Gasteiger partial charge in [-0.3, -0.25) is 4.99 Å². The largest absolute Gasteiger partial charge is 0.457 e. The number of rotatable bonds is 4. The van der Waals surface area contributed by atoms with Gasteiger partial charge < -0.3 is 9.15 Å². The van der Waals surface area contributed by atoms with E-state index in [9.17, 15) is 4.79 Å². The monoisotopic (exact) mass is 417 g/mol.